The largest absolute Gasteiger partial charge is 0.310 e. The summed E-state index contributed by atoms with van der Waals surface area (Å²) < 4.78 is 26.5. The van der Waals surface area contributed by atoms with E-state index in [2.05, 4.69) is 10.0 Å². The molecule has 0 amide bonds. The van der Waals surface area contributed by atoms with Crippen LogP contribution in [-0.4, -0.2) is 46.5 Å². The first-order chi connectivity index (χ1) is 9.94. The monoisotopic (exact) mass is 311 g/mol. The van der Waals surface area contributed by atoms with Gasteiger partial charge in [0.25, 0.3) is 0 Å². The van der Waals surface area contributed by atoms with Crippen LogP contribution in [0.1, 0.15) is 24.0 Å². The van der Waals surface area contributed by atoms with Crippen LogP contribution in [0.2, 0.25) is 0 Å². The lowest BCUT2D eigenvalue weighted by molar-refractivity contribution is 0.412. The maximum atomic E-state index is 11.9. The topological polar surface area (TPSA) is 61.4 Å². The summed E-state index contributed by atoms with van der Waals surface area (Å²) in [7, 11) is 0.588. The van der Waals surface area contributed by atoms with E-state index < -0.39 is 10.0 Å². The zero-order valence-electron chi connectivity index (χ0n) is 12.8. The zero-order chi connectivity index (χ0) is 15.3. The third-order valence-corrected chi connectivity index (χ3v) is 4.79. The Morgan fingerprint density at radius 3 is 2.33 bits per heavy atom. The van der Waals surface area contributed by atoms with Gasteiger partial charge in [-0.15, -0.1) is 0 Å². The summed E-state index contributed by atoms with van der Waals surface area (Å²) in [5, 5.41) is 3.44. The SMILES string of the molecule is CN(C)CCNS(=O)(=O)Cc1ccc(CNC2CC2)cc1. The molecule has 0 unspecified atom stereocenters. The molecule has 2 N–H and O–H groups in total. The minimum atomic E-state index is -3.25. The fraction of sp³-hybridized carbons (Fsp3) is 0.600. The van der Waals surface area contributed by atoms with Crippen molar-refractivity contribution in [2.45, 2.75) is 31.2 Å². The predicted molar refractivity (Wildman–Crippen MR) is 85.5 cm³/mol. The zero-order valence-corrected chi connectivity index (χ0v) is 13.6. The molecule has 0 bridgehead atoms. The van der Waals surface area contributed by atoms with Crippen molar-refractivity contribution in [3.63, 3.8) is 0 Å². The van der Waals surface area contributed by atoms with Gasteiger partial charge in [0, 0.05) is 25.7 Å². The number of nitrogens with zero attached hydrogens (tertiary/aromatic N) is 1. The first kappa shape index (κ1) is 16.4. The number of hydrogen-bond acceptors (Lipinski definition) is 4. The molecule has 0 radical (unpaired) electrons. The average Bonchev–Trinajstić information content (AvgIpc) is 3.21. The normalized spacial score (nSPS) is 15.6. The van der Waals surface area contributed by atoms with Crippen molar-refractivity contribution >= 4 is 10.0 Å². The van der Waals surface area contributed by atoms with E-state index in [9.17, 15) is 8.42 Å². The van der Waals surface area contributed by atoms with E-state index >= 15 is 0 Å². The highest BCUT2D eigenvalue weighted by molar-refractivity contribution is 7.88. The number of rotatable bonds is 9. The van der Waals surface area contributed by atoms with Crippen LogP contribution in [0, 0.1) is 0 Å². The van der Waals surface area contributed by atoms with E-state index in [0.717, 1.165) is 12.1 Å². The molecular formula is C15H25N3O2S. The minimum absolute atomic E-state index is 0.0385. The molecule has 1 aliphatic carbocycles. The molecule has 1 saturated carbocycles. The van der Waals surface area contributed by atoms with E-state index in [1.54, 1.807) is 0 Å². The highest BCUT2D eigenvalue weighted by Crippen LogP contribution is 2.19. The lowest BCUT2D eigenvalue weighted by Gasteiger charge is -2.11. The molecule has 1 fully saturated rings. The molecule has 118 valence electrons. The van der Waals surface area contributed by atoms with Gasteiger partial charge in [0.05, 0.1) is 5.75 Å². The van der Waals surface area contributed by atoms with E-state index in [-0.39, 0.29) is 5.75 Å². The van der Waals surface area contributed by atoms with Crippen LogP contribution in [0.25, 0.3) is 0 Å². The van der Waals surface area contributed by atoms with Crippen LogP contribution < -0.4 is 10.0 Å². The summed E-state index contributed by atoms with van der Waals surface area (Å²) in [5.41, 5.74) is 2.02. The standard InChI is InChI=1S/C15H25N3O2S/c1-18(2)10-9-17-21(19,20)12-14-5-3-13(4-6-14)11-16-15-7-8-15/h3-6,15-17H,7-12H2,1-2H3. The highest BCUT2D eigenvalue weighted by atomic mass is 32.2. The van der Waals surface area contributed by atoms with Crippen LogP contribution in [0.4, 0.5) is 0 Å². The Balaban J connectivity index is 1.80. The minimum Gasteiger partial charge on any atom is -0.310 e. The molecule has 0 aromatic heterocycles. The van der Waals surface area contributed by atoms with Gasteiger partial charge < -0.3 is 10.2 Å². The van der Waals surface area contributed by atoms with Crippen molar-refractivity contribution in [3.8, 4) is 0 Å². The van der Waals surface area contributed by atoms with E-state index in [1.165, 1.54) is 18.4 Å². The second-order valence-corrected chi connectivity index (χ2v) is 7.74. The maximum absolute atomic E-state index is 11.9. The van der Waals surface area contributed by atoms with Crippen LogP contribution in [0.5, 0.6) is 0 Å². The summed E-state index contributed by atoms with van der Waals surface area (Å²) in [4.78, 5) is 1.95. The second-order valence-electron chi connectivity index (χ2n) is 5.93. The smallest absolute Gasteiger partial charge is 0.215 e. The third-order valence-electron chi connectivity index (χ3n) is 3.43. The first-order valence-corrected chi connectivity index (χ1v) is 9.03. The molecule has 1 aromatic rings. The van der Waals surface area contributed by atoms with Gasteiger partial charge in [0.2, 0.25) is 10.0 Å². The highest BCUT2D eigenvalue weighted by Gasteiger charge is 2.19. The van der Waals surface area contributed by atoms with E-state index in [0.29, 0.717) is 19.1 Å². The Morgan fingerprint density at radius 1 is 1.14 bits per heavy atom. The number of benzene rings is 1. The number of likely N-dealkylation sites (N-methyl/N-ethyl adjacent to an activating group) is 1. The number of hydrogen-bond donors (Lipinski definition) is 2. The lowest BCUT2D eigenvalue weighted by atomic mass is 10.1. The Labute approximate surface area is 127 Å². The second kappa shape index (κ2) is 7.35. The van der Waals surface area contributed by atoms with Gasteiger partial charge in [-0.05, 0) is 38.1 Å². The summed E-state index contributed by atoms with van der Waals surface area (Å²) in [6.07, 6.45) is 2.55. The number of sulfonamides is 1. The summed E-state index contributed by atoms with van der Waals surface area (Å²) >= 11 is 0. The van der Waals surface area contributed by atoms with Crippen LogP contribution in [-0.2, 0) is 22.3 Å². The summed E-state index contributed by atoms with van der Waals surface area (Å²) in [5.74, 6) is 0.0385. The summed E-state index contributed by atoms with van der Waals surface area (Å²) in [6, 6.07) is 8.48. The Bertz CT molecular complexity index is 537. The molecule has 0 atom stereocenters. The fourth-order valence-electron chi connectivity index (χ4n) is 2.00. The van der Waals surface area contributed by atoms with Crippen LogP contribution >= 0.6 is 0 Å². The molecule has 6 heteroatoms. The Morgan fingerprint density at radius 2 is 1.76 bits per heavy atom. The van der Waals surface area contributed by atoms with Crippen molar-refractivity contribution < 1.29 is 8.42 Å². The van der Waals surface area contributed by atoms with Gasteiger partial charge in [0.1, 0.15) is 0 Å². The maximum Gasteiger partial charge on any atom is 0.215 e. The first-order valence-electron chi connectivity index (χ1n) is 7.38. The fourth-order valence-corrected chi connectivity index (χ4v) is 3.13. The van der Waals surface area contributed by atoms with Crippen molar-refractivity contribution in [2.75, 3.05) is 27.2 Å². The molecular weight excluding hydrogens is 286 g/mol. The van der Waals surface area contributed by atoms with Gasteiger partial charge in [-0.1, -0.05) is 24.3 Å². The summed E-state index contributed by atoms with van der Waals surface area (Å²) in [6.45, 7) is 2.00. The van der Waals surface area contributed by atoms with Crippen molar-refractivity contribution in [1.29, 1.82) is 0 Å². The average molecular weight is 311 g/mol. The molecule has 1 aromatic carbocycles. The molecule has 0 saturated heterocycles. The van der Waals surface area contributed by atoms with Crippen LogP contribution in [0.15, 0.2) is 24.3 Å². The van der Waals surface area contributed by atoms with Crippen molar-refractivity contribution in [2.24, 2.45) is 0 Å². The van der Waals surface area contributed by atoms with E-state index in [1.807, 2.05) is 43.3 Å². The van der Waals surface area contributed by atoms with E-state index in [4.69, 9.17) is 0 Å². The Kier molecular flexibility index (Phi) is 5.75. The molecule has 0 aliphatic heterocycles. The third kappa shape index (κ3) is 6.56. The molecule has 0 spiro atoms. The van der Waals surface area contributed by atoms with Crippen LogP contribution in [0.3, 0.4) is 0 Å². The van der Waals surface area contributed by atoms with Gasteiger partial charge in [-0.2, -0.15) is 0 Å². The van der Waals surface area contributed by atoms with Crippen molar-refractivity contribution in [1.82, 2.24) is 14.9 Å². The quantitative estimate of drug-likeness (QED) is 0.712. The van der Waals surface area contributed by atoms with Gasteiger partial charge in [-0.3, -0.25) is 0 Å². The predicted octanol–water partition coefficient (Wildman–Crippen LogP) is 0.920. The molecule has 21 heavy (non-hydrogen) atoms. The van der Waals surface area contributed by atoms with Gasteiger partial charge >= 0.3 is 0 Å². The van der Waals surface area contributed by atoms with Gasteiger partial charge in [-0.25, -0.2) is 13.1 Å². The molecule has 2 rings (SSSR count). The van der Waals surface area contributed by atoms with Crippen molar-refractivity contribution in [3.05, 3.63) is 35.4 Å². The van der Waals surface area contributed by atoms with Gasteiger partial charge in [0.15, 0.2) is 0 Å². The Hall–Kier alpha value is -0.950. The number of nitrogens with one attached hydrogen (secondary N) is 2. The molecule has 0 heterocycles. The molecule has 5 nitrogen and oxygen atoms in total. The lowest BCUT2D eigenvalue weighted by Crippen LogP contribution is -2.32. The molecule has 1 aliphatic rings.